The van der Waals surface area contributed by atoms with E-state index in [2.05, 4.69) is 26.3 Å². The highest BCUT2D eigenvalue weighted by molar-refractivity contribution is 9.10. The molecule has 1 heterocycles. The summed E-state index contributed by atoms with van der Waals surface area (Å²) >= 11 is 3.44. The van der Waals surface area contributed by atoms with Gasteiger partial charge in [0.1, 0.15) is 11.9 Å². The second kappa shape index (κ2) is 10.2. The summed E-state index contributed by atoms with van der Waals surface area (Å²) in [5.74, 6) is 0.842. The molecule has 0 fully saturated rings. The largest absolute Gasteiger partial charge is 0.488 e. The number of benzene rings is 2. The Labute approximate surface area is 184 Å². The first-order valence-electron chi connectivity index (χ1n) is 9.48. The van der Waals surface area contributed by atoms with Gasteiger partial charge in [0.05, 0.1) is 6.61 Å². The fourth-order valence-corrected chi connectivity index (χ4v) is 3.12. The third-order valence-corrected chi connectivity index (χ3v) is 4.75. The van der Waals surface area contributed by atoms with E-state index in [1.165, 1.54) is 0 Å². The Kier molecular flexibility index (Phi) is 7.43. The van der Waals surface area contributed by atoms with Gasteiger partial charge < -0.3 is 14.8 Å². The van der Waals surface area contributed by atoms with Gasteiger partial charge in [0, 0.05) is 36.5 Å². The van der Waals surface area contributed by atoms with Crippen LogP contribution in [-0.2, 0) is 11.8 Å². The minimum atomic E-state index is -0.253. The Morgan fingerprint density at radius 2 is 1.90 bits per heavy atom. The summed E-state index contributed by atoms with van der Waals surface area (Å²) in [5, 5.41) is 7.01. The van der Waals surface area contributed by atoms with Crippen molar-refractivity contribution in [2.24, 2.45) is 7.05 Å². The van der Waals surface area contributed by atoms with Crippen LogP contribution in [0.15, 0.2) is 59.2 Å². The van der Waals surface area contributed by atoms with Crippen molar-refractivity contribution in [3.8, 4) is 5.75 Å². The van der Waals surface area contributed by atoms with Crippen molar-refractivity contribution < 1.29 is 14.3 Å². The van der Waals surface area contributed by atoms with Gasteiger partial charge >= 0.3 is 0 Å². The monoisotopic (exact) mass is 469 g/mol. The number of methoxy groups -OCH3 is 1. The van der Waals surface area contributed by atoms with E-state index in [9.17, 15) is 4.79 Å². The lowest BCUT2D eigenvalue weighted by atomic mass is 10.1. The maximum absolute atomic E-state index is 12.8. The van der Waals surface area contributed by atoms with Gasteiger partial charge in [-0.1, -0.05) is 40.2 Å². The molecule has 7 heteroatoms. The number of hydrogen-bond donors (Lipinski definition) is 1. The van der Waals surface area contributed by atoms with Crippen molar-refractivity contribution in [3.05, 3.63) is 75.9 Å². The highest BCUT2D eigenvalue weighted by Gasteiger charge is 2.12. The minimum absolute atomic E-state index is 0.146. The number of nitrogens with zero attached hydrogens (tertiary/aromatic N) is 2. The van der Waals surface area contributed by atoms with E-state index in [4.69, 9.17) is 9.47 Å². The van der Waals surface area contributed by atoms with Crippen LogP contribution in [0, 0.1) is 0 Å². The Balaban J connectivity index is 1.87. The van der Waals surface area contributed by atoms with E-state index in [1.54, 1.807) is 37.2 Å². The van der Waals surface area contributed by atoms with Crippen LogP contribution >= 0.6 is 15.9 Å². The Bertz CT molecular complexity index is 1030. The van der Waals surface area contributed by atoms with E-state index < -0.39 is 0 Å². The van der Waals surface area contributed by atoms with Gasteiger partial charge in [-0.25, -0.2) is 0 Å². The van der Waals surface area contributed by atoms with Crippen LogP contribution in [0.3, 0.4) is 0 Å². The normalized spacial score (nSPS) is 12.1. The Morgan fingerprint density at radius 1 is 1.17 bits per heavy atom. The first kappa shape index (κ1) is 21.8. The lowest BCUT2D eigenvalue weighted by Gasteiger charge is -2.15. The number of aromatic nitrogens is 2. The zero-order chi connectivity index (χ0) is 21.5. The molecule has 0 spiro atoms. The van der Waals surface area contributed by atoms with E-state index in [0.717, 1.165) is 15.6 Å². The molecule has 0 saturated carbocycles. The predicted molar refractivity (Wildman–Crippen MR) is 123 cm³/mol. The fourth-order valence-electron chi connectivity index (χ4n) is 2.86. The number of anilines is 1. The van der Waals surface area contributed by atoms with Crippen LogP contribution < -0.4 is 10.1 Å². The summed E-state index contributed by atoms with van der Waals surface area (Å²) < 4.78 is 13.7. The third-order valence-electron chi connectivity index (χ3n) is 4.22. The first-order chi connectivity index (χ1) is 14.4. The number of carbonyl (C=O) groups is 1. The molecule has 3 aromatic rings. The smallest absolute Gasteiger partial charge is 0.257 e. The Morgan fingerprint density at radius 3 is 2.57 bits per heavy atom. The van der Waals surface area contributed by atoms with Crippen LogP contribution in [0.25, 0.3) is 12.2 Å². The average molecular weight is 470 g/mol. The SMILES string of the molecule is COC[C@H](C)Oc1cc(/C=C/c2ccc(Br)cc2)cc(C(=O)Nc2ccn(C)n2)c1. The molecule has 2 aromatic carbocycles. The minimum Gasteiger partial charge on any atom is -0.488 e. The van der Waals surface area contributed by atoms with Crippen molar-refractivity contribution in [2.45, 2.75) is 13.0 Å². The molecule has 0 unspecified atom stereocenters. The zero-order valence-electron chi connectivity index (χ0n) is 17.1. The number of rotatable bonds is 8. The number of ether oxygens (including phenoxy) is 2. The molecule has 6 nitrogen and oxygen atoms in total. The molecule has 1 aromatic heterocycles. The topological polar surface area (TPSA) is 65.4 Å². The molecule has 1 amide bonds. The molecule has 156 valence electrons. The number of nitrogens with one attached hydrogen (secondary N) is 1. The van der Waals surface area contributed by atoms with Crippen LogP contribution in [0.4, 0.5) is 5.82 Å². The van der Waals surface area contributed by atoms with Crippen LogP contribution in [-0.4, -0.2) is 35.5 Å². The predicted octanol–water partition coefficient (Wildman–Crippen LogP) is 5.02. The molecule has 0 radical (unpaired) electrons. The molecule has 30 heavy (non-hydrogen) atoms. The summed E-state index contributed by atoms with van der Waals surface area (Å²) in [4.78, 5) is 12.8. The average Bonchev–Trinajstić information content (AvgIpc) is 3.12. The van der Waals surface area contributed by atoms with Crippen molar-refractivity contribution >= 4 is 39.8 Å². The molecule has 1 N–H and O–H groups in total. The fraction of sp³-hybridized carbons (Fsp3) is 0.217. The zero-order valence-corrected chi connectivity index (χ0v) is 18.7. The number of halogens is 1. The van der Waals surface area contributed by atoms with Crippen molar-refractivity contribution in [1.29, 1.82) is 0 Å². The summed E-state index contributed by atoms with van der Waals surface area (Å²) in [6.07, 6.45) is 5.57. The van der Waals surface area contributed by atoms with Gasteiger partial charge in [0.2, 0.25) is 0 Å². The number of carbonyl (C=O) groups excluding carboxylic acids is 1. The number of aryl methyl sites for hydroxylation is 1. The molecule has 0 aliphatic rings. The molecule has 0 bridgehead atoms. The van der Waals surface area contributed by atoms with Gasteiger partial charge in [-0.2, -0.15) is 5.10 Å². The van der Waals surface area contributed by atoms with Gasteiger partial charge in [-0.15, -0.1) is 0 Å². The number of amides is 1. The van der Waals surface area contributed by atoms with Gasteiger partial charge in [0.25, 0.3) is 5.91 Å². The highest BCUT2D eigenvalue weighted by Crippen LogP contribution is 2.22. The maximum atomic E-state index is 12.8. The van der Waals surface area contributed by atoms with Crippen LogP contribution in [0.1, 0.15) is 28.4 Å². The molecule has 0 aliphatic carbocycles. The summed E-state index contributed by atoms with van der Waals surface area (Å²) in [5.41, 5.74) is 2.39. The van der Waals surface area contributed by atoms with Crippen LogP contribution in [0.5, 0.6) is 5.75 Å². The second-order valence-corrected chi connectivity index (χ2v) is 7.80. The molecule has 1 atom stereocenters. The Hall–Kier alpha value is -2.90. The molecular weight excluding hydrogens is 446 g/mol. The molecular formula is C23H24BrN3O3. The van der Waals surface area contributed by atoms with E-state index >= 15 is 0 Å². The molecule has 0 aliphatic heterocycles. The number of hydrogen-bond acceptors (Lipinski definition) is 4. The summed E-state index contributed by atoms with van der Waals surface area (Å²) in [6.45, 7) is 2.37. The summed E-state index contributed by atoms with van der Waals surface area (Å²) in [6, 6.07) is 15.2. The van der Waals surface area contributed by atoms with Gasteiger partial charge in [-0.05, 0) is 48.4 Å². The van der Waals surface area contributed by atoms with Crippen molar-refractivity contribution in [2.75, 3.05) is 19.0 Å². The lowest BCUT2D eigenvalue weighted by molar-refractivity contribution is 0.0917. The third kappa shape index (κ3) is 6.30. The van der Waals surface area contributed by atoms with Gasteiger partial charge in [0.15, 0.2) is 5.82 Å². The van der Waals surface area contributed by atoms with E-state index in [-0.39, 0.29) is 12.0 Å². The quantitative estimate of drug-likeness (QED) is 0.470. The van der Waals surface area contributed by atoms with Crippen molar-refractivity contribution in [3.63, 3.8) is 0 Å². The van der Waals surface area contributed by atoms with E-state index in [0.29, 0.717) is 23.7 Å². The molecule has 3 rings (SSSR count). The maximum Gasteiger partial charge on any atom is 0.257 e. The lowest BCUT2D eigenvalue weighted by Crippen LogP contribution is -2.19. The first-order valence-corrected chi connectivity index (χ1v) is 10.3. The van der Waals surface area contributed by atoms with Gasteiger partial charge in [-0.3, -0.25) is 9.48 Å². The molecule has 0 saturated heterocycles. The summed E-state index contributed by atoms with van der Waals surface area (Å²) in [7, 11) is 3.43. The van der Waals surface area contributed by atoms with Crippen LogP contribution in [0.2, 0.25) is 0 Å². The second-order valence-electron chi connectivity index (χ2n) is 6.89. The van der Waals surface area contributed by atoms with E-state index in [1.807, 2.05) is 55.5 Å². The highest BCUT2D eigenvalue weighted by atomic mass is 79.9. The standard InChI is InChI=1S/C23H24BrN3O3/c1-16(15-29-3)30-21-13-18(5-4-17-6-8-20(24)9-7-17)12-19(14-21)23(28)25-22-10-11-27(2)26-22/h4-14,16H,15H2,1-3H3,(H,25,26,28)/b5-4+/t16-/m0/s1. The van der Waals surface area contributed by atoms with Crippen molar-refractivity contribution in [1.82, 2.24) is 9.78 Å².